The van der Waals surface area contributed by atoms with Crippen molar-refractivity contribution in [2.45, 2.75) is 20.3 Å². The van der Waals surface area contributed by atoms with Crippen LogP contribution in [-0.4, -0.2) is 25.3 Å². The molecule has 0 rings (SSSR count). The molecule has 0 aromatic heterocycles. The molecule has 0 aliphatic carbocycles. The third kappa shape index (κ3) is 2.62. The molecule has 0 spiro atoms. The highest BCUT2D eigenvalue weighted by Gasteiger charge is 2.07. The zero-order chi connectivity index (χ0) is 7.98. The molecule has 3 heteroatoms. The molecule has 0 aromatic rings. The van der Waals surface area contributed by atoms with E-state index in [0.717, 1.165) is 0 Å². The summed E-state index contributed by atoms with van der Waals surface area (Å²) in [5.41, 5.74) is 0.502. The molecule has 0 fully saturated rings. The van der Waals surface area contributed by atoms with Crippen LogP contribution in [0.4, 0.5) is 0 Å². The van der Waals surface area contributed by atoms with Crippen LogP contribution >= 0.6 is 0 Å². The molecule has 0 heterocycles. The topological polar surface area (TPSA) is 38.7 Å². The highest BCUT2D eigenvalue weighted by Crippen LogP contribution is 1.88. The van der Waals surface area contributed by atoms with Crippen molar-refractivity contribution in [2.75, 3.05) is 13.7 Å². The Labute approximate surface area is 61.1 Å². The average molecular weight is 143 g/mol. The summed E-state index contributed by atoms with van der Waals surface area (Å²) in [5, 5.41) is 0. The van der Waals surface area contributed by atoms with Gasteiger partial charge in [-0.3, -0.25) is 4.99 Å². The van der Waals surface area contributed by atoms with Crippen LogP contribution in [0.2, 0.25) is 0 Å². The summed E-state index contributed by atoms with van der Waals surface area (Å²) in [6, 6.07) is 0. The number of rotatable bonds is 3. The summed E-state index contributed by atoms with van der Waals surface area (Å²) >= 11 is 0. The monoisotopic (exact) mass is 143 g/mol. The molecule has 0 unspecified atom stereocenters. The Hall–Kier alpha value is -0.860. The molecule has 0 saturated heterocycles. The minimum absolute atomic E-state index is 0.299. The zero-order valence-corrected chi connectivity index (χ0v) is 6.68. The Balaban J connectivity index is 3.91. The summed E-state index contributed by atoms with van der Waals surface area (Å²) in [7, 11) is 1.59. The van der Waals surface area contributed by atoms with E-state index in [1.54, 1.807) is 14.0 Å². The second kappa shape index (κ2) is 4.97. The predicted octanol–water partition coefficient (Wildman–Crippen LogP) is 1.03. The van der Waals surface area contributed by atoms with Crippen LogP contribution in [0.3, 0.4) is 0 Å². The van der Waals surface area contributed by atoms with Crippen LogP contribution in [0.5, 0.6) is 0 Å². The summed E-state index contributed by atoms with van der Waals surface area (Å²) < 4.78 is 4.72. The Kier molecular flexibility index (Phi) is 4.54. The first kappa shape index (κ1) is 9.14. The van der Waals surface area contributed by atoms with E-state index in [1.165, 1.54) is 0 Å². The SMILES string of the molecule is CCOC(=O)/C(CC)=N\C. The van der Waals surface area contributed by atoms with Gasteiger partial charge in [-0.15, -0.1) is 0 Å². The number of ether oxygens (including phenoxy) is 1. The first-order chi connectivity index (χ1) is 4.76. The van der Waals surface area contributed by atoms with Crippen LogP contribution in [0, 0.1) is 0 Å². The lowest BCUT2D eigenvalue weighted by atomic mass is 10.3. The van der Waals surface area contributed by atoms with Gasteiger partial charge in [0.1, 0.15) is 5.71 Å². The molecule has 0 aliphatic heterocycles. The van der Waals surface area contributed by atoms with Crippen molar-refractivity contribution < 1.29 is 9.53 Å². The van der Waals surface area contributed by atoms with Gasteiger partial charge >= 0.3 is 5.97 Å². The molecule has 0 N–H and O–H groups in total. The number of hydrogen-bond donors (Lipinski definition) is 0. The van der Waals surface area contributed by atoms with Crippen molar-refractivity contribution in [1.82, 2.24) is 0 Å². The molecule has 0 bridgehead atoms. The fourth-order valence-corrected chi connectivity index (χ4v) is 0.608. The number of carbonyl (C=O) groups excluding carboxylic acids is 1. The molecule has 0 radical (unpaired) electrons. The van der Waals surface area contributed by atoms with E-state index in [2.05, 4.69) is 4.99 Å². The number of carbonyl (C=O) groups is 1. The minimum atomic E-state index is -0.299. The van der Waals surface area contributed by atoms with Crippen molar-refractivity contribution in [1.29, 1.82) is 0 Å². The van der Waals surface area contributed by atoms with E-state index < -0.39 is 0 Å². The van der Waals surface area contributed by atoms with Gasteiger partial charge in [0.2, 0.25) is 0 Å². The van der Waals surface area contributed by atoms with E-state index in [4.69, 9.17) is 4.74 Å². The zero-order valence-electron chi connectivity index (χ0n) is 6.68. The van der Waals surface area contributed by atoms with Crippen LogP contribution in [0.25, 0.3) is 0 Å². The van der Waals surface area contributed by atoms with Crippen molar-refractivity contribution in [2.24, 2.45) is 4.99 Å². The maximum absolute atomic E-state index is 10.9. The number of nitrogens with zero attached hydrogens (tertiary/aromatic N) is 1. The average Bonchev–Trinajstić information content (AvgIpc) is 1.91. The van der Waals surface area contributed by atoms with Gasteiger partial charge in [-0.25, -0.2) is 4.79 Å². The Morgan fingerprint density at radius 2 is 2.10 bits per heavy atom. The van der Waals surface area contributed by atoms with E-state index in [-0.39, 0.29) is 5.97 Å². The smallest absolute Gasteiger partial charge is 0.352 e. The molecule has 0 atom stereocenters. The van der Waals surface area contributed by atoms with Gasteiger partial charge in [-0.1, -0.05) is 6.92 Å². The second-order valence-corrected chi connectivity index (χ2v) is 1.74. The van der Waals surface area contributed by atoms with Crippen LogP contribution in [0.15, 0.2) is 4.99 Å². The van der Waals surface area contributed by atoms with Gasteiger partial charge in [-0.05, 0) is 13.3 Å². The normalized spacial score (nSPS) is 11.3. The van der Waals surface area contributed by atoms with Crippen LogP contribution in [-0.2, 0) is 9.53 Å². The fraction of sp³-hybridized carbons (Fsp3) is 0.714. The lowest BCUT2D eigenvalue weighted by molar-refractivity contribution is -0.135. The third-order valence-corrected chi connectivity index (χ3v) is 1.12. The summed E-state index contributed by atoms with van der Waals surface area (Å²) in [5.74, 6) is -0.299. The van der Waals surface area contributed by atoms with Gasteiger partial charge in [0, 0.05) is 7.05 Å². The van der Waals surface area contributed by atoms with Gasteiger partial charge in [0.15, 0.2) is 0 Å². The molecule has 0 amide bonds. The Morgan fingerprint density at radius 3 is 2.40 bits per heavy atom. The number of aliphatic imine (C=N–C) groups is 1. The number of hydrogen-bond acceptors (Lipinski definition) is 3. The molecular weight excluding hydrogens is 130 g/mol. The lowest BCUT2D eigenvalue weighted by Crippen LogP contribution is -2.16. The molecule has 0 aliphatic rings. The molecule has 58 valence electrons. The minimum Gasteiger partial charge on any atom is -0.462 e. The first-order valence-corrected chi connectivity index (χ1v) is 3.39. The van der Waals surface area contributed by atoms with E-state index >= 15 is 0 Å². The predicted molar refractivity (Wildman–Crippen MR) is 40.3 cm³/mol. The molecule has 10 heavy (non-hydrogen) atoms. The van der Waals surface area contributed by atoms with Gasteiger partial charge in [-0.2, -0.15) is 0 Å². The maximum Gasteiger partial charge on any atom is 0.352 e. The fourth-order valence-electron chi connectivity index (χ4n) is 0.608. The quantitative estimate of drug-likeness (QED) is 0.437. The summed E-state index contributed by atoms with van der Waals surface area (Å²) in [4.78, 5) is 14.6. The largest absolute Gasteiger partial charge is 0.462 e. The first-order valence-electron chi connectivity index (χ1n) is 3.39. The third-order valence-electron chi connectivity index (χ3n) is 1.12. The standard InChI is InChI=1S/C7H13NO2/c1-4-6(8-3)7(9)10-5-2/h4-5H2,1-3H3/b8-6-. The van der Waals surface area contributed by atoms with Crippen molar-refractivity contribution in [3.8, 4) is 0 Å². The van der Waals surface area contributed by atoms with Gasteiger partial charge in [0.05, 0.1) is 6.61 Å². The van der Waals surface area contributed by atoms with Crippen molar-refractivity contribution in [3.05, 3.63) is 0 Å². The Bertz CT molecular complexity index is 141. The van der Waals surface area contributed by atoms with Gasteiger partial charge < -0.3 is 4.74 Å². The molecule has 0 aromatic carbocycles. The summed E-state index contributed by atoms with van der Waals surface area (Å²) in [6.45, 7) is 4.07. The van der Waals surface area contributed by atoms with Crippen molar-refractivity contribution in [3.63, 3.8) is 0 Å². The number of esters is 1. The van der Waals surface area contributed by atoms with Gasteiger partial charge in [0.25, 0.3) is 0 Å². The van der Waals surface area contributed by atoms with Crippen LogP contribution in [0.1, 0.15) is 20.3 Å². The van der Waals surface area contributed by atoms with E-state index in [1.807, 2.05) is 6.92 Å². The maximum atomic E-state index is 10.9. The summed E-state index contributed by atoms with van der Waals surface area (Å²) in [6.07, 6.45) is 0.634. The second-order valence-electron chi connectivity index (χ2n) is 1.74. The molecule has 0 saturated carbocycles. The highest BCUT2D eigenvalue weighted by molar-refractivity contribution is 6.36. The van der Waals surface area contributed by atoms with E-state index in [0.29, 0.717) is 18.7 Å². The van der Waals surface area contributed by atoms with Crippen molar-refractivity contribution >= 4 is 11.7 Å². The highest BCUT2D eigenvalue weighted by atomic mass is 16.5. The lowest BCUT2D eigenvalue weighted by Gasteiger charge is -2.00. The molecule has 3 nitrogen and oxygen atoms in total. The van der Waals surface area contributed by atoms with Crippen LogP contribution < -0.4 is 0 Å². The molecular formula is C7H13NO2. The Morgan fingerprint density at radius 1 is 1.50 bits per heavy atom. The van der Waals surface area contributed by atoms with E-state index in [9.17, 15) is 4.79 Å².